The summed E-state index contributed by atoms with van der Waals surface area (Å²) in [4.78, 5) is 15.1. The van der Waals surface area contributed by atoms with Crippen LogP contribution < -0.4 is 5.73 Å². The highest BCUT2D eigenvalue weighted by Gasteiger charge is 2.17. The number of pyridine rings is 1. The van der Waals surface area contributed by atoms with Gasteiger partial charge in [0.05, 0.1) is 4.90 Å². The van der Waals surface area contributed by atoms with Crippen molar-refractivity contribution in [3.8, 4) is 11.1 Å². The molecule has 0 amide bonds. The minimum atomic E-state index is -3.50. The van der Waals surface area contributed by atoms with Gasteiger partial charge in [-0.15, -0.1) is 0 Å². The van der Waals surface area contributed by atoms with Crippen LogP contribution in [0.4, 0.5) is 5.82 Å². The topological polar surface area (TPSA) is 114 Å². The van der Waals surface area contributed by atoms with Crippen molar-refractivity contribution in [1.29, 1.82) is 0 Å². The molecule has 0 unspecified atom stereocenters. The molecule has 0 saturated heterocycles. The van der Waals surface area contributed by atoms with E-state index in [9.17, 15) is 13.2 Å². The fraction of sp³-hybridized carbons (Fsp3) is 0.143. The van der Waals surface area contributed by atoms with E-state index in [0.717, 1.165) is 4.31 Å². The molecular formula is C14H15N3O4S. The van der Waals surface area contributed by atoms with Crippen LogP contribution in [0.5, 0.6) is 0 Å². The number of carboxylic acids is 1. The zero-order chi connectivity index (χ0) is 16.5. The van der Waals surface area contributed by atoms with E-state index in [1.807, 2.05) is 0 Å². The SMILES string of the molecule is CN(C)S(=O)(=O)c1ccc(-c2cnc(N)c(C(=O)O)c2)cc1. The normalized spacial score (nSPS) is 11.6. The summed E-state index contributed by atoms with van der Waals surface area (Å²) in [7, 11) is -0.599. The summed E-state index contributed by atoms with van der Waals surface area (Å²) in [6, 6.07) is 7.51. The van der Waals surface area contributed by atoms with Crippen molar-refractivity contribution in [3.63, 3.8) is 0 Å². The maximum atomic E-state index is 12.0. The predicted octanol–water partition coefficient (Wildman–Crippen LogP) is 1.28. The first-order valence-corrected chi connectivity index (χ1v) is 7.69. The molecule has 0 atom stereocenters. The highest BCUT2D eigenvalue weighted by molar-refractivity contribution is 7.89. The van der Waals surface area contributed by atoms with Crippen molar-refractivity contribution in [1.82, 2.24) is 9.29 Å². The minimum Gasteiger partial charge on any atom is -0.478 e. The molecule has 3 N–H and O–H groups in total. The number of aromatic nitrogens is 1. The molecule has 1 aromatic heterocycles. The average Bonchev–Trinajstić information content (AvgIpc) is 2.47. The first kappa shape index (κ1) is 15.9. The van der Waals surface area contributed by atoms with Gasteiger partial charge in [0.1, 0.15) is 11.4 Å². The molecule has 0 aliphatic heterocycles. The van der Waals surface area contributed by atoms with Crippen molar-refractivity contribution in [2.45, 2.75) is 4.90 Å². The van der Waals surface area contributed by atoms with E-state index in [1.54, 1.807) is 12.1 Å². The number of anilines is 1. The van der Waals surface area contributed by atoms with Crippen LogP contribution >= 0.6 is 0 Å². The van der Waals surface area contributed by atoms with Crippen LogP contribution in [0, 0.1) is 0 Å². The summed E-state index contributed by atoms with van der Waals surface area (Å²) in [5, 5.41) is 9.04. The van der Waals surface area contributed by atoms with Crippen molar-refractivity contribution >= 4 is 21.8 Å². The second-order valence-electron chi connectivity index (χ2n) is 4.77. The number of nitrogens with zero attached hydrogens (tertiary/aromatic N) is 2. The van der Waals surface area contributed by atoms with E-state index in [2.05, 4.69) is 4.98 Å². The molecule has 0 fully saturated rings. The number of nitrogen functional groups attached to an aromatic ring is 1. The molecule has 0 spiro atoms. The van der Waals surface area contributed by atoms with Gasteiger partial charge in [0.2, 0.25) is 10.0 Å². The molecule has 1 aromatic carbocycles. The third kappa shape index (κ3) is 2.92. The molecule has 2 aromatic rings. The number of benzene rings is 1. The molecule has 0 aliphatic rings. The molecule has 0 bridgehead atoms. The second-order valence-corrected chi connectivity index (χ2v) is 6.93. The summed E-state index contributed by atoms with van der Waals surface area (Å²) in [6.45, 7) is 0. The van der Waals surface area contributed by atoms with Gasteiger partial charge in [-0.1, -0.05) is 12.1 Å². The van der Waals surface area contributed by atoms with E-state index in [-0.39, 0.29) is 16.3 Å². The minimum absolute atomic E-state index is 0.0666. The van der Waals surface area contributed by atoms with Crippen molar-refractivity contribution in [2.75, 3.05) is 19.8 Å². The number of hydrogen-bond donors (Lipinski definition) is 2. The average molecular weight is 321 g/mol. The van der Waals surface area contributed by atoms with Gasteiger partial charge in [0, 0.05) is 25.9 Å². The zero-order valence-corrected chi connectivity index (χ0v) is 12.8. The molecule has 22 heavy (non-hydrogen) atoms. The number of aromatic carboxylic acids is 1. The van der Waals surface area contributed by atoms with E-state index in [4.69, 9.17) is 10.8 Å². The quantitative estimate of drug-likeness (QED) is 0.877. The van der Waals surface area contributed by atoms with Gasteiger partial charge in [-0.3, -0.25) is 0 Å². The van der Waals surface area contributed by atoms with Crippen LogP contribution in [0.15, 0.2) is 41.4 Å². The highest BCUT2D eigenvalue weighted by Crippen LogP contribution is 2.24. The Morgan fingerprint density at radius 2 is 1.77 bits per heavy atom. The molecule has 8 heteroatoms. The first-order chi connectivity index (χ1) is 10.2. The smallest absolute Gasteiger partial charge is 0.339 e. The molecule has 0 aliphatic carbocycles. The van der Waals surface area contributed by atoms with Crippen LogP contribution in [-0.4, -0.2) is 42.9 Å². The fourth-order valence-electron chi connectivity index (χ4n) is 1.83. The molecule has 7 nitrogen and oxygen atoms in total. The summed E-state index contributed by atoms with van der Waals surface area (Å²) in [5.41, 5.74) is 6.60. The largest absolute Gasteiger partial charge is 0.478 e. The summed E-state index contributed by atoms with van der Waals surface area (Å²) in [6.07, 6.45) is 1.44. The maximum absolute atomic E-state index is 12.0. The van der Waals surface area contributed by atoms with Crippen LogP contribution in [0.3, 0.4) is 0 Å². The maximum Gasteiger partial charge on any atom is 0.339 e. The van der Waals surface area contributed by atoms with Crippen LogP contribution in [0.25, 0.3) is 11.1 Å². The Hall–Kier alpha value is -2.45. The van der Waals surface area contributed by atoms with E-state index >= 15 is 0 Å². The third-order valence-electron chi connectivity index (χ3n) is 3.12. The number of hydrogen-bond acceptors (Lipinski definition) is 5. The second kappa shape index (κ2) is 5.74. The number of sulfonamides is 1. The lowest BCUT2D eigenvalue weighted by atomic mass is 10.1. The zero-order valence-electron chi connectivity index (χ0n) is 12.0. The van der Waals surface area contributed by atoms with Gasteiger partial charge in [-0.05, 0) is 23.8 Å². The third-order valence-corrected chi connectivity index (χ3v) is 4.94. The van der Waals surface area contributed by atoms with Gasteiger partial charge in [0.25, 0.3) is 0 Å². The van der Waals surface area contributed by atoms with Gasteiger partial charge in [0.15, 0.2) is 0 Å². The van der Waals surface area contributed by atoms with Crippen LogP contribution in [0.2, 0.25) is 0 Å². The van der Waals surface area contributed by atoms with E-state index in [1.165, 1.54) is 38.5 Å². The Kier molecular flexibility index (Phi) is 4.16. The first-order valence-electron chi connectivity index (χ1n) is 6.25. The molecule has 0 saturated carbocycles. The Morgan fingerprint density at radius 1 is 1.18 bits per heavy atom. The lowest BCUT2D eigenvalue weighted by Crippen LogP contribution is -2.22. The van der Waals surface area contributed by atoms with E-state index < -0.39 is 16.0 Å². The van der Waals surface area contributed by atoms with Gasteiger partial charge in [-0.25, -0.2) is 22.5 Å². The van der Waals surface area contributed by atoms with Crippen molar-refractivity contribution < 1.29 is 18.3 Å². The number of rotatable bonds is 4. The lowest BCUT2D eigenvalue weighted by Gasteiger charge is -2.12. The Labute approximate surface area is 128 Å². The Bertz CT molecular complexity index is 814. The Balaban J connectivity index is 2.44. The monoisotopic (exact) mass is 321 g/mol. The summed E-state index contributed by atoms with van der Waals surface area (Å²) < 4.78 is 25.1. The summed E-state index contributed by atoms with van der Waals surface area (Å²) >= 11 is 0. The standard InChI is InChI=1S/C14H15N3O4S/c1-17(2)22(20,21)11-5-3-9(4-6-11)10-7-12(14(18)19)13(15)16-8-10/h3-8H,1-2H3,(H2,15,16)(H,18,19). The number of carbonyl (C=O) groups is 1. The Morgan fingerprint density at radius 3 is 2.27 bits per heavy atom. The van der Waals surface area contributed by atoms with Crippen molar-refractivity contribution in [3.05, 3.63) is 42.1 Å². The lowest BCUT2D eigenvalue weighted by molar-refractivity contribution is 0.0697. The van der Waals surface area contributed by atoms with E-state index in [0.29, 0.717) is 11.1 Å². The molecule has 1 heterocycles. The highest BCUT2D eigenvalue weighted by atomic mass is 32.2. The predicted molar refractivity (Wildman–Crippen MR) is 81.9 cm³/mol. The number of carboxylic acid groups (broad SMARTS) is 1. The molecule has 2 rings (SSSR count). The van der Waals surface area contributed by atoms with Crippen molar-refractivity contribution in [2.24, 2.45) is 0 Å². The van der Waals surface area contributed by atoms with Gasteiger partial charge >= 0.3 is 5.97 Å². The molecule has 0 radical (unpaired) electrons. The van der Waals surface area contributed by atoms with Gasteiger partial charge in [-0.2, -0.15) is 0 Å². The van der Waals surface area contributed by atoms with Crippen LogP contribution in [-0.2, 0) is 10.0 Å². The summed E-state index contributed by atoms with van der Waals surface area (Å²) in [5.74, 6) is -1.23. The molecular weight excluding hydrogens is 306 g/mol. The molecule has 116 valence electrons. The fourth-order valence-corrected chi connectivity index (χ4v) is 2.74. The van der Waals surface area contributed by atoms with Crippen LogP contribution in [0.1, 0.15) is 10.4 Å². The number of nitrogens with two attached hydrogens (primary N) is 1. The van der Waals surface area contributed by atoms with Gasteiger partial charge < -0.3 is 10.8 Å².